The van der Waals surface area contributed by atoms with E-state index in [0.29, 0.717) is 12.1 Å². The molecule has 0 aliphatic heterocycles. The first-order valence-corrected chi connectivity index (χ1v) is 6.67. The standard InChI is InChI=1S/C17H15FN2O/c18-14-6-7-17(21)13(10-14)12-19-15-4-3-5-16(11-15)20-8-1-2-9-20/h1-11,19,21H,12H2. The molecule has 3 aromatic rings. The number of hydrogen-bond donors (Lipinski definition) is 2. The van der Waals surface area contributed by atoms with Crippen molar-refractivity contribution in [3.63, 3.8) is 0 Å². The van der Waals surface area contributed by atoms with E-state index in [2.05, 4.69) is 5.32 Å². The van der Waals surface area contributed by atoms with Gasteiger partial charge < -0.3 is 15.0 Å². The molecule has 2 aromatic carbocycles. The van der Waals surface area contributed by atoms with E-state index in [0.717, 1.165) is 11.4 Å². The molecule has 0 spiro atoms. The largest absolute Gasteiger partial charge is 0.508 e. The average Bonchev–Trinajstić information content (AvgIpc) is 3.03. The van der Waals surface area contributed by atoms with Crippen molar-refractivity contribution in [1.82, 2.24) is 4.57 Å². The average molecular weight is 282 g/mol. The van der Waals surface area contributed by atoms with Gasteiger partial charge in [0.2, 0.25) is 0 Å². The maximum absolute atomic E-state index is 13.2. The molecular weight excluding hydrogens is 267 g/mol. The minimum atomic E-state index is -0.356. The van der Waals surface area contributed by atoms with E-state index in [1.54, 1.807) is 0 Å². The van der Waals surface area contributed by atoms with Gasteiger partial charge in [-0.15, -0.1) is 0 Å². The van der Waals surface area contributed by atoms with Crippen molar-refractivity contribution in [1.29, 1.82) is 0 Å². The van der Waals surface area contributed by atoms with E-state index in [-0.39, 0.29) is 11.6 Å². The van der Waals surface area contributed by atoms with Crippen LogP contribution < -0.4 is 5.32 Å². The van der Waals surface area contributed by atoms with Gasteiger partial charge >= 0.3 is 0 Å². The molecule has 2 N–H and O–H groups in total. The molecule has 4 heteroatoms. The van der Waals surface area contributed by atoms with Gasteiger partial charge in [0.15, 0.2) is 0 Å². The van der Waals surface area contributed by atoms with E-state index >= 15 is 0 Å². The van der Waals surface area contributed by atoms with Crippen LogP contribution in [0.3, 0.4) is 0 Å². The van der Waals surface area contributed by atoms with E-state index in [9.17, 15) is 9.50 Å². The first-order chi connectivity index (χ1) is 10.2. The number of aromatic nitrogens is 1. The van der Waals surface area contributed by atoms with Crippen LogP contribution in [0.15, 0.2) is 67.0 Å². The second kappa shape index (κ2) is 5.71. The summed E-state index contributed by atoms with van der Waals surface area (Å²) >= 11 is 0. The lowest BCUT2D eigenvalue weighted by molar-refractivity contribution is 0.466. The molecule has 0 saturated carbocycles. The van der Waals surface area contributed by atoms with Crippen molar-refractivity contribution < 1.29 is 9.50 Å². The number of hydrogen-bond acceptors (Lipinski definition) is 2. The third-order valence-corrected chi connectivity index (χ3v) is 3.27. The van der Waals surface area contributed by atoms with Crippen molar-refractivity contribution in [3.05, 3.63) is 78.4 Å². The molecule has 3 nitrogen and oxygen atoms in total. The number of phenolic OH excluding ortho intramolecular Hbond substituents is 1. The fourth-order valence-electron chi connectivity index (χ4n) is 2.18. The second-order valence-electron chi connectivity index (χ2n) is 4.77. The highest BCUT2D eigenvalue weighted by Crippen LogP contribution is 2.20. The highest BCUT2D eigenvalue weighted by atomic mass is 19.1. The van der Waals surface area contributed by atoms with Crippen LogP contribution in [-0.2, 0) is 6.54 Å². The van der Waals surface area contributed by atoms with Crippen LogP contribution in [-0.4, -0.2) is 9.67 Å². The van der Waals surface area contributed by atoms with Crippen LogP contribution in [0.5, 0.6) is 5.75 Å². The lowest BCUT2D eigenvalue weighted by Gasteiger charge is -2.10. The number of anilines is 1. The maximum atomic E-state index is 13.2. The Morgan fingerprint density at radius 3 is 2.62 bits per heavy atom. The number of phenols is 1. The Kier molecular flexibility index (Phi) is 3.60. The lowest BCUT2D eigenvalue weighted by Crippen LogP contribution is -2.01. The summed E-state index contributed by atoms with van der Waals surface area (Å²) in [6, 6.07) is 15.7. The van der Waals surface area contributed by atoms with Crippen molar-refractivity contribution in [2.24, 2.45) is 0 Å². The molecule has 0 bridgehead atoms. The fourth-order valence-corrected chi connectivity index (χ4v) is 2.18. The number of aromatic hydroxyl groups is 1. The number of benzene rings is 2. The monoisotopic (exact) mass is 282 g/mol. The smallest absolute Gasteiger partial charge is 0.123 e. The predicted octanol–water partition coefficient (Wildman–Crippen LogP) is 3.93. The Morgan fingerprint density at radius 1 is 1.00 bits per heavy atom. The minimum absolute atomic E-state index is 0.0884. The minimum Gasteiger partial charge on any atom is -0.508 e. The fraction of sp³-hybridized carbons (Fsp3) is 0.0588. The number of nitrogens with one attached hydrogen (secondary N) is 1. The SMILES string of the molecule is Oc1ccc(F)cc1CNc1cccc(-n2cccc2)c1. The van der Waals surface area contributed by atoms with Crippen molar-refractivity contribution >= 4 is 5.69 Å². The van der Waals surface area contributed by atoms with E-state index in [1.807, 2.05) is 53.4 Å². The molecule has 1 heterocycles. The Balaban J connectivity index is 1.76. The van der Waals surface area contributed by atoms with Crippen LogP contribution in [0, 0.1) is 5.82 Å². The summed E-state index contributed by atoms with van der Waals surface area (Å²) in [5, 5.41) is 12.9. The van der Waals surface area contributed by atoms with Crippen LogP contribution >= 0.6 is 0 Å². The predicted molar refractivity (Wildman–Crippen MR) is 81.2 cm³/mol. The van der Waals surface area contributed by atoms with Gasteiger partial charge in [-0.25, -0.2) is 4.39 Å². The highest BCUT2D eigenvalue weighted by Gasteiger charge is 2.03. The topological polar surface area (TPSA) is 37.2 Å². The van der Waals surface area contributed by atoms with Gasteiger partial charge in [-0.1, -0.05) is 6.07 Å². The van der Waals surface area contributed by atoms with Crippen LogP contribution in [0.4, 0.5) is 10.1 Å². The summed E-state index contributed by atoms with van der Waals surface area (Å²) in [6.45, 7) is 0.360. The Labute approximate surface area is 122 Å². The zero-order valence-electron chi connectivity index (χ0n) is 11.3. The quantitative estimate of drug-likeness (QED) is 0.760. The van der Waals surface area contributed by atoms with Gasteiger partial charge in [0.05, 0.1) is 0 Å². The summed E-state index contributed by atoms with van der Waals surface area (Å²) in [5.41, 5.74) is 2.47. The van der Waals surface area contributed by atoms with Crippen molar-refractivity contribution in [2.45, 2.75) is 6.54 Å². The molecule has 0 saturated heterocycles. The number of rotatable bonds is 4. The third-order valence-electron chi connectivity index (χ3n) is 3.27. The zero-order chi connectivity index (χ0) is 14.7. The molecule has 0 atom stereocenters. The Morgan fingerprint density at radius 2 is 1.81 bits per heavy atom. The van der Waals surface area contributed by atoms with Gasteiger partial charge in [0.25, 0.3) is 0 Å². The molecule has 0 amide bonds. The molecule has 0 radical (unpaired) electrons. The second-order valence-corrected chi connectivity index (χ2v) is 4.77. The summed E-state index contributed by atoms with van der Waals surface area (Å²) in [6.07, 6.45) is 3.94. The van der Waals surface area contributed by atoms with E-state index in [4.69, 9.17) is 0 Å². The van der Waals surface area contributed by atoms with Crippen molar-refractivity contribution in [2.75, 3.05) is 5.32 Å². The Hall–Kier alpha value is -2.75. The number of halogens is 1. The highest BCUT2D eigenvalue weighted by molar-refractivity contribution is 5.52. The molecule has 0 unspecified atom stereocenters. The third kappa shape index (κ3) is 3.05. The van der Waals surface area contributed by atoms with Crippen molar-refractivity contribution in [3.8, 4) is 11.4 Å². The molecule has 0 fully saturated rings. The van der Waals surface area contributed by atoms with Crippen LogP contribution in [0.25, 0.3) is 5.69 Å². The normalized spacial score (nSPS) is 10.5. The Bertz CT molecular complexity index is 738. The molecule has 0 aliphatic carbocycles. The van der Waals surface area contributed by atoms with Crippen LogP contribution in [0.2, 0.25) is 0 Å². The first kappa shape index (κ1) is 13.2. The summed E-state index contributed by atoms with van der Waals surface area (Å²) in [7, 11) is 0. The molecular formula is C17H15FN2O. The zero-order valence-corrected chi connectivity index (χ0v) is 11.3. The maximum Gasteiger partial charge on any atom is 0.123 e. The van der Waals surface area contributed by atoms with Gasteiger partial charge in [-0.05, 0) is 48.5 Å². The molecule has 106 valence electrons. The van der Waals surface area contributed by atoms with Gasteiger partial charge in [0, 0.05) is 35.9 Å². The van der Waals surface area contributed by atoms with E-state index in [1.165, 1.54) is 18.2 Å². The van der Waals surface area contributed by atoms with Crippen LogP contribution in [0.1, 0.15) is 5.56 Å². The molecule has 1 aromatic heterocycles. The van der Waals surface area contributed by atoms with Gasteiger partial charge in [0.1, 0.15) is 11.6 Å². The van der Waals surface area contributed by atoms with Gasteiger partial charge in [-0.2, -0.15) is 0 Å². The van der Waals surface area contributed by atoms with E-state index < -0.39 is 0 Å². The molecule has 0 aliphatic rings. The molecule has 21 heavy (non-hydrogen) atoms. The summed E-state index contributed by atoms with van der Waals surface area (Å²) < 4.78 is 15.2. The summed E-state index contributed by atoms with van der Waals surface area (Å²) in [5.74, 6) is -0.267. The first-order valence-electron chi connectivity index (χ1n) is 6.67. The molecule has 3 rings (SSSR count). The number of nitrogens with zero attached hydrogens (tertiary/aromatic N) is 1. The van der Waals surface area contributed by atoms with Gasteiger partial charge in [-0.3, -0.25) is 0 Å². The summed E-state index contributed by atoms with van der Waals surface area (Å²) in [4.78, 5) is 0. The lowest BCUT2D eigenvalue weighted by atomic mass is 10.2.